The molecule has 0 saturated heterocycles. The van der Waals surface area contributed by atoms with Gasteiger partial charge in [-0.1, -0.05) is 36.4 Å². The average Bonchev–Trinajstić information content (AvgIpc) is 2.57. The Morgan fingerprint density at radius 3 is 2.38 bits per heavy atom. The van der Waals surface area contributed by atoms with Gasteiger partial charge in [0.1, 0.15) is 0 Å². The summed E-state index contributed by atoms with van der Waals surface area (Å²) in [5.41, 5.74) is 2.03. The minimum atomic E-state index is -0.724. The molecule has 0 fully saturated rings. The molecule has 3 rings (SSSR count). The number of hydrogen-bond acceptors (Lipinski definition) is 4. The predicted molar refractivity (Wildman–Crippen MR) is 88.2 cm³/mol. The molecule has 1 atom stereocenters. The molecular weight excluding hydrogens is 308 g/mol. The van der Waals surface area contributed by atoms with Crippen molar-refractivity contribution in [2.24, 2.45) is 0 Å². The number of carbonyl (C=O) groups excluding carboxylic acids is 2. The molecular formula is C18H16N2O4. The summed E-state index contributed by atoms with van der Waals surface area (Å²) >= 11 is 0. The van der Waals surface area contributed by atoms with E-state index >= 15 is 0 Å². The molecule has 122 valence electrons. The maximum Gasteiger partial charge on any atom is 0.320 e. The Balaban J connectivity index is 2.18. The van der Waals surface area contributed by atoms with Crippen molar-refractivity contribution in [3.05, 3.63) is 65.2 Å². The lowest BCUT2D eigenvalue weighted by Crippen LogP contribution is -2.44. The Morgan fingerprint density at radius 2 is 1.75 bits per heavy atom. The molecule has 0 spiro atoms. The minimum Gasteiger partial charge on any atom is -0.504 e. The van der Waals surface area contributed by atoms with Crippen LogP contribution in [0.4, 0.5) is 4.79 Å². The molecule has 6 heteroatoms. The van der Waals surface area contributed by atoms with E-state index in [1.807, 2.05) is 18.2 Å². The van der Waals surface area contributed by atoms with Crippen LogP contribution in [0.1, 0.15) is 24.1 Å². The predicted octanol–water partition coefficient (Wildman–Crippen LogP) is 2.45. The number of aromatic hydroxyl groups is 2. The monoisotopic (exact) mass is 324 g/mol. The average molecular weight is 324 g/mol. The van der Waals surface area contributed by atoms with E-state index in [9.17, 15) is 19.8 Å². The first-order valence-corrected chi connectivity index (χ1v) is 7.37. The summed E-state index contributed by atoms with van der Waals surface area (Å²) in [5.74, 6) is -0.793. The van der Waals surface area contributed by atoms with Gasteiger partial charge in [-0.3, -0.25) is 4.79 Å². The molecule has 1 aliphatic heterocycles. The van der Waals surface area contributed by atoms with Crippen LogP contribution in [0.3, 0.4) is 0 Å². The highest BCUT2D eigenvalue weighted by molar-refractivity contribution is 6.06. The van der Waals surface area contributed by atoms with E-state index in [0.29, 0.717) is 22.4 Å². The maximum absolute atomic E-state index is 12.3. The third-order valence-corrected chi connectivity index (χ3v) is 3.85. The second kappa shape index (κ2) is 6.08. The van der Waals surface area contributed by atoms with E-state index in [0.717, 1.165) is 0 Å². The zero-order chi connectivity index (χ0) is 17.3. The van der Waals surface area contributed by atoms with Crippen LogP contribution in [0, 0.1) is 0 Å². The Morgan fingerprint density at radius 1 is 1.04 bits per heavy atom. The van der Waals surface area contributed by atoms with Gasteiger partial charge < -0.3 is 20.8 Å². The second-order valence-corrected chi connectivity index (χ2v) is 5.49. The lowest BCUT2D eigenvalue weighted by atomic mass is 9.90. The molecule has 4 N–H and O–H groups in total. The van der Waals surface area contributed by atoms with Crippen molar-refractivity contribution in [2.45, 2.75) is 13.0 Å². The molecule has 1 aliphatic rings. The smallest absolute Gasteiger partial charge is 0.320 e. The summed E-state index contributed by atoms with van der Waals surface area (Å²) in [6.07, 6.45) is 0. The number of amides is 2. The molecule has 6 nitrogen and oxygen atoms in total. The van der Waals surface area contributed by atoms with Crippen LogP contribution < -0.4 is 10.6 Å². The van der Waals surface area contributed by atoms with Crippen molar-refractivity contribution in [1.29, 1.82) is 0 Å². The number of nitrogens with one attached hydrogen (secondary N) is 2. The maximum atomic E-state index is 12.3. The van der Waals surface area contributed by atoms with Crippen molar-refractivity contribution in [3.8, 4) is 11.5 Å². The van der Waals surface area contributed by atoms with E-state index in [4.69, 9.17) is 0 Å². The number of ketones is 1. The Hall–Kier alpha value is -3.28. The van der Waals surface area contributed by atoms with Gasteiger partial charge in [-0.05, 0) is 30.2 Å². The number of carbonyl (C=O) groups is 2. The van der Waals surface area contributed by atoms with Crippen LogP contribution >= 0.6 is 0 Å². The molecule has 0 saturated carbocycles. The third kappa shape index (κ3) is 2.81. The summed E-state index contributed by atoms with van der Waals surface area (Å²) in [6, 6.07) is 12.1. The van der Waals surface area contributed by atoms with Gasteiger partial charge in [0.15, 0.2) is 17.3 Å². The Kier molecular flexibility index (Phi) is 3.95. The first kappa shape index (κ1) is 15.6. The standard InChI is InChI=1S/C18H16N2O4/c1-10(21)15-16(11-5-3-2-4-6-11)19-18(24)20-17(15)12-7-8-13(22)14(23)9-12/h2-9,17,22-23H,1H3,(H2,19,20,24)/t17-/m1/s1. The van der Waals surface area contributed by atoms with Crippen molar-refractivity contribution >= 4 is 17.5 Å². The van der Waals surface area contributed by atoms with Crippen LogP contribution in [-0.2, 0) is 4.79 Å². The molecule has 0 radical (unpaired) electrons. The summed E-state index contributed by atoms with van der Waals surface area (Å²) in [4.78, 5) is 24.3. The second-order valence-electron chi connectivity index (χ2n) is 5.49. The van der Waals surface area contributed by atoms with Gasteiger partial charge in [-0.2, -0.15) is 0 Å². The fourth-order valence-corrected chi connectivity index (χ4v) is 2.75. The summed E-state index contributed by atoms with van der Waals surface area (Å²) in [5, 5.41) is 24.6. The Labute approximate surface area is 138 Å². The first-order valence-electron chi connectivity index (χ1n) is 7.37. The normalized spacial score (nSPS) is 17.2. The number of phenols is 2. The SMILES string of the molecule is CC(=O)C1=C(c2ccccc2)NC(=O)N[C@@H]1c1ccc(O)c(O)c1. The fraction of sp³-hybridized carbons (Fsp3) is 0.111. The van der Waals surface area contributed by atoms with Crippen molar-refractivity contribution < 1.29 is 19.8 Å². The lowest BCUT2D eigenvalue weighted by molar-refractivity contribution is -0.113. The van der Waals surface area contributed by atoms with Crippen LogP contribution in [0.15, 0.2) is 54.1 Å². The molecule has 0 aliphatic carbocycles. The molecule has 24 heavy (non-hydrogen) atoms. The van der Waals surface area contributed by atoms with Crippen molar-refractivity contribution in [3.63, 3.8) is 0 Å². The number of rotatable bonds is 3. The number of phenolic OH excluding ortho intramolecular Hbond substituents is 2. The molecule has 0 unspecified atom stereocenters. The largest absolute Gasteiger partial charge is 0.504 e. The summed E-state index contributed by atoms with van der Waals surface area (Å²) in [6.45, 7) is 1.42. The number of hydrogen-bond donors (Lipinski definition) is 4. The number of Topliss-reactive ketones (excluding diaryl/α,β-unsaturated/α-hetero) is 1. The molecule has 2 aromatic carbocycles. The van der Waals surface area contributed by atoms with Gasteiger partial charge in [0.05, 0.1) is 11.7 Å². The quantitative estimate of drug-likeness (QED) is 0.652. The van der Waals surface area contributed by atoms with Gasteiger partial charge >= 0.3 is 6.03 Å². The zero-order valence-corrected chi connectivity index (χ0v) is 12.9. The lowest BCUT2D eigenvalue weighted by Gasteiger charge is -2.29. The Bertz CT molecular complexity index is 843. The van der Waals surface area contributed by atoms with Crippen LogP contribution in [-0.4, -0.2) is 22.0 Å². The number of benzene rings is 2. The first-order chi connectivity index (χ1) is 11.5. The van der Waals surface area contributed by atoms with Crippen LogP contribution in [0.5, 0.6) is 11.5 Å². The van der Waals surface area contributed by atoms with E-state index < -0.39 is 12.1 Å². The van der Waals surface area contributed by atoms with E-state index in [-0.39, 0.29) is 17.3 Å². The minimum absolute atomic E-state index is 0.209. The molecule has 2 amide bonds. The molecule has 2 aromatic rings. The third-order valence-electron chi connectivity index (χ3n) is 3.85. The fourth-order valence-electron chi connectivity index (χ4n) is 2.75. The number of urea groups is 1. The van der Waals surface area contributed by atoms with Crippen molar-refractivity contribution in [2.75, 3.05) is 0 Å². The zero-order valence-electron chi connectivity index (χ0n) is 12.9. The highest BCUT2D eigenvalue weighted by Gasteiger charge is 2.31. The van der Waals surface area contributed by atoms with E-state index in [1.54, 1.807) is 18.2 Å². The highest BCUT2D eigenvalue weighted by Crippen LogP contribution is 2.35. The van der Waals surface area contributed by atoms with Gasteiger partial charge in [-0.15, -0.1) is 0 Å². The topological polar surface area (TPSA) is 98.7 Å². The van der Waals surface area contributed by atoms with Gasteiger partial charge in [0.2, 0.25) is 0 Å². The van der Waals surface area contributed by atoms with E-state index in [2.05, 4.69) is 10.6 Å². The summed E-state index contributed by atoms with van der Waals surface area (Å²) in [7, 11) is 0. The van der Waals surface area contributed by atoms with Gasteiger partial charge in [-0.25, -0.2) is 4.79 Å². The van der Waals surface area contributed by atoms with Crippen LogP contribution in [0.25, 0.3) is 5.70 Å². The van der Waals surface area contributed by atoms with Crippen LogP contribution in [0.2, 0.25) is 0 Å². The summed E-state index contributed by atoms with van der Waals surface area (Å²) < 4.78 is 0. The van der Waals surface area contributed by atoms with Crippen molar-refractivity contribution in [1.82, 2.24) is 10.6 Å². The molecule has 1 heterocycles. The van der Waals surface area contributed by atoms with E-state index in [1.165, 1.54) is 19.1 Å². The van der Waals surface area contributed by atoms with Gasteiger partial charge in [0.25, 0.3) is 0 Å². The highest BCUT2D eigenvalue weighted by atomic mass is 16.3. The van der Waals surface area contributed by atoms with Gasteiger partial charge in [0, 0.05) is 5.57 Å². The molecule has 0 aromatic heterocycles. The molecule has 0 bridgehead atoms.